The highest BCUT2D eigenvalue weighted by molar-refractivity contribution is 5.91. The van der Waals surface area contributed by atoms with Crippen molar-refractivity contribution in [2.24, 2.45) is 0 Å². The van der Waals surface area contributed by atoms with Gasteiger partial charge in [-0.15, -0.1) is 0 Å². The summed E-state index contributed by atoms with van der Waals surface area (Å²) < 4.78 is 5.20. The monoisotopic (exact) mass is 310 g/mol. The molecule has 0 N–H and O–H groups in total. The SMILES string of the molecule is Cc1cccc(N2CCN(C(=O)/C=C/c3ccco3)CC2)c1C. The van der Waals surface area contributed by atoms with E-state index in [1.807, 2.05) is 17.0 Å². The highest BCUT2D eigenvalue weighted by Gasteiger charge is 2.21. The molecule has 0 saturated carbocycles. The number of amides is 1. The fraction of sp³-hybridized carbons (Fsp3) is 0.316. The number of carbonyl (C=O) groups excluding carboxylic acids is 1. The average Bonchev–Trinajstić information content (AvgIpc) is 3.09. The molecule has 0 bridgehead atoms. The van der Waals surface area contributed by atoms with E-state index in [1.165, 1.54) is 16.8 Å². The lowest BCUT2D eigenvalue weighted by atomic mass is 10.1. The molecule has 0 aliphatic carbocycles. The lowest BCUT2D eigenvalue weighted by molar-refractivity contribution is -0.126. The predicted molar refractivity (Wildman–Crippen MR) is 92.5 cm³/mol. The minimum absolute atomic E-state index is 0.0435. The van der Waals surface area contributed by atoms with E-state index in [2.05, 4.69) is 36.9 Å². The predicted octanol–water partition coefficient (Wildman–Crippen LogP) is 3.26. The molecular weight excluding hydrogens is 288 g/mol. The summed E-state index contributed by atoms with van der Waals surface area (Å²) >= 11 is 0. The molecule has 4 heteroatoms. The van der Waals surface area contributed by atoms with Gasteiger partial charge in [0, 0.05) is 37.9 Å². The Morgan fingerprint density at radius 1 is 1.09 bits per heavy atom. The van der Waals surface area contributed by atoms with Gasteiger partial charge in [0.25, 0.3) is 0 Å². The topological polar surface area (TPSA) is 36.7 Å². The third-order valence-electron chi connectivity index (χ3n) is 4.44. The van der Waals surface area contributed by atoms with Crippen LogP contribution in [0.1, 0.15) is 16.9 Å². The van der Waals surface area contributed by atoms with Crippen molar-refractivity contribution in [2.45, 2.75) is 13.8 Å². The van der Waals surface area contributed by atoms with Gasteiger partial charge in [-0.2, -0.15) is 0 Å². The van der Waals surface area contributed by atoms with Crippen LogP contribution in [0.2, 0.25) is 0 Å². The number of rotatable bonds is 3. The molecule has 0 radical (unpaired) electrons. The van der Waals surface area contributed by atoms with Gasteiger partial charge < -0.3 is 14.2 Å². The van der Waals surface area contributed by atoms with Gasteiger partial charge in [-0.1, -0.05) is 12.1 Å². The summed E-state index contributed by atoms with van der Waals surface area (Å²) in [7, 11) is 0. The van der Waals surface area contributed by atoms with Crippen LogP contribution in [-0.4, -0.2) is 37.0 Å². The van der Waals surface area contributed by atoms with Crippen LogP contribution in [0, 0.1) is 13.8 Å². The van der Waals surface area contributed by atoms with Crippen molar-refractivity contribution in [2.75, 3.05) is 31.1 Å². The van der Waals surface area contributed by atoms with E-state index < -0.39 is 0 Å². The van der Waals surface area contributed by atoms with Crippen LogP contribution < -0.4 is 4.90 Å². The van der Waals surface area contributed by atoms with E-state index in [-0.39, 0.29) is 5.91 Å². The van der Waals surface area contributed by atoms with Crippen LogP contribution >= 0.6 is 0 Å². The van der Waals surface area contributed by atoms with Crippen LogP contribution in [0.5, 0.6) is 0 Å². The largest absolute Gasteiger partial charge is 0.465 e. The second-order valence-corrected chi connectivity index (χ2v) is 5.88. The maximum Gasteiger partial charge on any atom is 0.246 e. The first-order valence-corrected chi connectivity index (χ1v) is 7.97. The Kier molecular flexibility index (Phi) is 4.51. The molecule has 2 aromatic rings. The number of anilines is 1. The van der Waals surface area contributed by atoms with Crippen molar-refractivity contribution in [3.05, 3.63) is 59.6 Å². The van der Waals surface area contributed by atoms with Crippen molar-refractivity contribution >= 4 is 17.7 Å². The fourth-order valence-corrected chi connectivity index (χ4v) is 2.89. The lowest BCUT2D eigenvalue weighted by Crippen LogP contribution is -2.48. The normalized spacial score (nSPS) is 15.4. The van der Waals surface area contributed by atoms with Crippen molar-refractivity contribution in [3.63, 3.8) is 0 Å². The van der Waals surface area contributed by atoms with Crippen molar-refractivity contribution in [3.8, 4) is 0 Å². The van der Waals surface area contributed by atoms with E-state index in [0.717, 1.165) is 26.2 Å². The summed E-state index contributed by atoms with van der Waals surface area (Å²) in [5, 5.41) is 0. The number of carbonyl (C=O) groups is 1. The number of hydrogen-bond acceptors (Lipinski definition) is 3. The zero-order chi connectivity index (χ0) is 16.2. The first kappa shape index (κ1) is 15.4. The third-order valence-corrected chi connectivity index (χ3v) is 4.44. The van der Waals surface area contributed by atoms with E-state index in [9.17, 15) is 4.79 Å². The zero-order valence-corrected chi connectivity index (χ0v) is 13.7. The molecule has 0 atom stereocenters. The van der Waals surface area contributed by atoms with Crippen LogP contribution in [0.3, 0.4) is 0 Å². The molecule has 2 heterocycles. The molecule has 120 valence electrons. The van der Waals surface area contributed by atoms with Gasteiger partial charge in [-0.05, 0) is 49.2 Å². The Labute approximate surface area is 137 Å². The smallest absolute Gasteiger partial charge is 0.246 e. The van der Waals surface area contributed by atoms with Crippen LogP contribution in [0.4, 0.5) is 5.69 Å². The summed E-state index contributed by atoms with van der Waals surface area (Å²) in [5.41, 5.74) is 3.91. The third kappa shape index (κ3) is 3.47. The number of nitrogens with zero attached hydrogens (tertiary/aromatic N) is 2. The van der Waals surface area contributed by atoms with Gasteiger partial charge >= 0.3 is 0 Å². The summed E-state index contributed by atoms with van der Waals surface area (Å²) in [6.07, 6.45) is 4.92. The van der Waals surface area contributed by atoms with Crippen LogP contribution in [-0.2, 0) is 4.79 Å². The molecule has 3 rings (SSSR count). The van der Waals surface area contributed by atoms with Gasteiger partial charge in [0.2, 0.25) is 5.91 Å². The molecule has 0 spiro atoms. The van der Waals surface area contributed by atoms with Gasteiger partial charge in [0.05, 0.1) is 6.26 Å². The van der Waals surface area contributed by atoms with Crippen LogP contribution in [0.25, 0.3) is 6.08 Å². The van der Waals surface area contributed by atoms with E-state index in [0.29, 0.717) is 5.76 Å². The second-order valence-electron chi connectivity index (χ2n) is 5.88. The fourth-order valence-electron chi connectivity index (χ4n) is 2.89. The van der Waals surface area contributed by atoms with Gasteiger partial charge in [-0.25, -0.2) is 0 Å². The quantitative estimate of drug-likeness (QED) is 0.817. The highest BCUT2D eigenvalue weighted by Crippen LogP contribution is 2.23. The summed E-state index contributed by atoms with van der Waals surface area (Å²) in [4.78, 5) is 16.5. The summed E-state index contributed by atoms with van der Waals surface area (Å²) in [6.45, 7) is 7.52. The lowest BCUT2D eigenvalue weighted by Gasteiger charge is -2.36. The van der Waals surface area contributed by atoms with E-state index in [4.69, 9.17) is 4.42 Å². The molecule has 4 nitrogen and oxygen atoms in total. The van der Waals surface area contributed by atoms with Crippen LogP contribution in [0.15, 0.2) is 47.1 Å². The van der Waals surface area contributed by atoms with Gasteiger partial charge in [0.1, 0.15) is 5.76 Å². The Morgan fingerprint density at radius 2 is 1.87 bits per heavy atom. The molecule has 1 aliphatic rings. The van der Waals surface area contributed by atoms with Crippen molar-refractivity contribution < 1.29 is 9.21 Å². The zero-order valence-electron chi connectivity index (χ0n) is 13.7. The Morgan fingerprint density at radius 3 is 2.57 bits per heavy atom. The number of furan rings is 1. The van der Waals surface area contributed by atoms with Gasteiger partial charge in [0.15, 0.2) is 0 Å². The Bertz CT molecular complexity index is 696. The molecule has 1 amide bonds. The number of benzene rings is 1. The minimum atomic E-state index is 0.0435. The van der Waals surface area contributed by atoms with Crippen molar-refractivity contribution in [1.29, 1.82) is 0 Å². The number of piperazine rings is 1. The first-order chi connectivity index (χ1) is 11.1. The summed E-state index contributed by atoms with van der Waals surface area (Å²) in [6, 6.07) is 10.0. The molecular formula is C19H22N2O2. The number of hydrogen-bond donors (Lipinski definition) is 0. The standard InChI is InChI=1S/C19H22N2O2/c1-15-5-3-7-18(16(15)2)20-10-12-21(13-11-20)19(22)9-8-17-6-4-14-23-17/h3-9,14H,10-13H2,1-2H3/b9-8+. The molecule has 1 aromatic carbocycles. The Hall–Kier alpha value is -2.49. The minimum Gasteiger partial charge on any atom is -0.465 e. The maximum absolute atomic E-state index is 12.2. The second kappa shape index (κ2) is 6.73. The highest BCUT2D eigenvalue weighted by atomic mass is 16.3. The van der Waals surface area contributed by atoms with E-state index >= 15 is 0 Å². The molecule has 1 fully saturated rings. The number of aryl methyl sites for hydroxylation is 1. The Balaban J connectivity index is 1.60. The molecule has 0 unspecified atom stereocenters. The first-order valence-electron chi connectivity index (χ1n) is 7.97. The molecule has 1 aliphatic heterocycles. The average molecular weight is 310 g/mol. The van der Waals surface area contributed by atoms with E-state index in [1.54, 1.807) is 18.4 Å². The maximum atomic E-state index is 12.2. The molecule has 23 heavy (non-hydrogen) atoms. The molecule has 1 saturated heterocycles. The van der Waals surface area contributed by atoms with Gasteiger partial charge in [-0.3, -0.25) is 4.79 Å². The summed E-state index contributed by atoms with van der Waals surface area (Å²) in [5.74, 6) is 0.745. The van der Waals surface area contributed by atoms with Crippen molar-refractivity contribution in [1.82, 2.24) is 4.90 Å². The molecule has 1 aromatic heterocycles.